The number of nitriles is 1. The highest BCUT2D eigenvalue weighted by Gasteiger charge is 2.20. The number of hydrogen-bond donors (Lipinski definition) is 0. The van der Waals surface area contributed by atoms with Gasteiger partial charge in [0.15, 0.2) is 0 Å². The molecule has 4 nitrogen and oxygen atoms in total. The Bertz CT molecular complexity index is 274. The van der Waals surface area contributed by atoms with Crippen molar-refractivity contribution in [1.82, 2.24) is 0 Å². The first-order valence-electron chi connectivity index (χ1n) is 3.48. The second-order valence-electron chi connectivity index (χ2n) is 3.47. The molecule has 70 valence electrons. The van der Waals surface area contributed by atoms with E-state index in [1.807, 2.05) is 6.07 Å². The molecule has 5 heteroatoms. The van der Waals surface area contributed by atoms with Gasteiger partial charge in [0, 0.05) is 11.8 Å². The van der Waals surface area contributed by atoms with E-state index in [-0.39, 0.29) is 13.0 Å². The quantitative estimate of drug-likeness (QED) is 0.619. The van der Waals surface area contributed by atoms with Gasteiger partial charge in [0.25, 0.3) is 10.1 Å². The first-order chi connectivity index (χ1) is 5.27. The summed E-state index contributed by atoms with van der Waals surface area (Å²) in [5.74, 6) is 0. The highest BCUT2D eigenvalue weighted by Crippen LogP contribution is 2.20. The molecule has 12 heavy (non-hydrogen) atoms. The Kier molecular flexibility index (Phi) is 3.68. The van der Waals surface area contributed by atoms with E-state index in [4.69, 9.17) is 5.26 Å². The summed E-state index contributed by atoms with van der Waals surface area (Å²) in [5, 5.41) is 8.38. The topological polar surface area (TPSA) is 67.2 Å². The van der Waals surface area contributed by atoms with Crippen LogP contribution in [0, 0.1) is 16.7 Å². The fourth-order valence-corrected chi connectivity index (χ4v) is 1.06. The van der Waals surface area contributed by atoms with Crippen LogP contribution in [0.15, 0.2) is 0 Å². The average Bonchev–Trinajstić information content (AvgIpc) is 1.83. The molecule has 0 atom stereocenters. The largest absolute Gasteiger partial charge is 0.270 e. The summed E-state index contributed by atoms with van der Waals surface area (Å²) in [4.78, 5) is 0. The van der Waals surface area contributed by atoms with Crippen molar-refractivity contribution in [2.45, 2.75) is 20.3 Å². The summed E-state index contributed by atoms with van der Waals surface area (Å²) in [6, 6.07) is 1.97. The van der Waals surface area contributed by atoms with Crippen LogP contribution in [-0.4, -0.2) is 21.3 Å². The second-order valence-corrected chi connectivity index (χ2v) is 5.11. The fraction of sp³-hybridized carbons (Fsp3) is 0.857. The Labute approximate surface area is 73.3 Å². The van der Waals surface area contributed by atoms with Crippen LogP contribution in [0.1, 0.15) is 20.3 Å². The van der Waals surface area contributed by atoms with E-state index >= 15 is 0 Å². The molecule has 0 aromatic rings. The Balaban J connectivity index is 4.03. The highest BCUT2D eigenvalue weighted by atomic mass is 32.2. The van der Waals surface area contributed by atoms with Gasteiger partial charge in [-0.25, -0.2) is 0 Å². The molecule has 0 aliphatic rings. The third-order valence-electron chi connectivity index (χ3n) is 1.22. The molecule has 0 aliphatic heterocycles. The van der Waals surface area contributed by atoms with Crippen molar-refractivity contribution in [2.24, 2.45) is 5.41 Å². The van der Waals surface area contributed by atoms with Gasteiger partial charge in [0.2, 0.25) is 0 Å². The first-order valence-corrected chi connectivity index (χ1v) is 5.30. The fourth-order valence-electron chi connectivity index (χ4n) is 0.532. The zero-order valence-electron chi connectivity index (χ0n) is 7.49. The third kappa shape index (κ3) is 6.13. The van der Waals surface area contributed by atoms with Gasteiger partial charge in [-0.2, -0.15) is 13.7 Å². The van der Waals surface area contributed by atoms with Crippen molar-refractivity contribution in [2.75, 3.05) is 12.9 Å². The highest BCUT2D eigenvalue weighted by molar-refractivity contribution is 7.85. The Hall–Kier alpha value is -0.600. The lowest BCUT2D eigenvalue weighted by molar-refractivity contribution is 0.191. The van der Waals surface area contributed by atoms with Crippen molar-refractivity contribution in [3.8, 4) is 6.07 Å². The summed E-state index contributed by atoms with van der Waals surface area (Å²) in [7, 11) is -3.39. The van der Waals surface area contributed by atoms with Gasteiger partial charge in [-0.3, -0.25) is 4.18 Å². The van der Waals surface area contributed by atoms with E-state index in [0.29, 0.717) is 0 Å². The lowest BCUT2D eigenvalue weighted by Gasteiger charge is -2.19. The number of hydrogen-bond acceptors (Lipinski definition) is 4. The summed E-state index contributed by atoms with van der Waals surface area (Å²) in [6.07, 6.45) is 1.28. The minimum atomic E-state index is -3.39. The van der Waals surface area contributed by atoms with Gasteiger partial charge in [0.05, 0.1) is 18.9 Å². The minimum Gasteiger partial charge on any atom is -0.270 e. The van der Waals surface area contributed by atoms with E-state index in [2.05, 4.69) is 4.18 Å². The average molecular weight is 191 g/mol. The van der Waals surface area contributed by atoms with Crippen molar-refractivity contribution in [3.63, 3.8) is 0 Å². The van der Waals surface area contributed by atoms with Crippen LogP contribution in [0.3, 0.4) is 0 Å². The van der Waals surface area contributed by atoms with E-state index < -0.39 is 15.5 Å². The summed E-state index contributed by atoms with van der Waals surface area (Å²) in [5.41, 5.74) is -0.405. The molecule has 0 heterocycles. The lowest BCUT2D eigenvalue weighted by Crippen LogP contribution is -2.20. The molecule has 0 spiro atoms. The predicted molar refractivity (Wildman–Crippen MR) is 44.8 cm³/mol. The number of nitrogens with zero attached hydrogens (tertiary/aromatic N) is 1. The van der Waals surface area contributed by atoms with Gasteiger partial charge in [0.1, 0.15) is 0 Å². The zero-order chi connectivity index (χ0) is 9.83. The van der Waals surface area contributed by atoms with Gasteiger partial charge >= 0.3 is 0 Å². The van der Waals surface area contributed by atoms with Crippen LogP contribution in [-0.2, 0) is 14.3 Å². The molecule has 0 aromatic heterocycles. The van der Waals surface area contributed by atoms with E-state index in [1.165, 1.54) is 0 Å². The van der Waals surface area contributed by atoms with Gasteiger partial charge in [-0.15, -0.1) is 0 Å². The lowest BCUT2D eigenvalue weighted by atomic mass is 9.92. The molecule has 0 unspecified atom stereocenters. The SMILES string of the molecule is CC(C)(CC#N)COS(C)(=O)=O. The van der Waals surface area contributed by atoms with Crippen LogP contribution in [0.4, 0.5) is 0 Å². The molecular weight excluding hydrogens is 178 g/mol. The molecule has 0 amide bonds. The number of rotatable bonds is 4. The van der Waals surface area contributed by atoms with Gasteiger partial charge in [-0.1, -0.05) is 13.8 Å². The molecule has 0 aromatic carbocycles. The molecular formula is C7H13NO3S. The predicted octanol–water partition coefficient (Wildman–Crippen LogP) is 0.902. The van der Waals surface area contributed by atoms with E-state index in [9.17, 15) is 8.42 Å². The Morgan fingerprint density at radius 2 is 2.00 bits per heavy atom. The standard InChI is InChI=1S/C7H13NO3S/c1-7(2,4-5-8)6-11-12(3,9)10/h4,6H2,1-3H3. The van der Waals surface area contributed by atoms with Crippen LogP contribution < -0.4 is 0 Å². The molecule has 0 fully saturated rings. The van der Waals surface area contributed by atoms with Crippen molar-refractivity contribution in [3.05, 3.63) is 0 Å². The molecule has 0 saturated carbocycles. The monoisotopic (exact) mass is 191 g/mol. The molecule has 0 radical (unpaired) electrons. The summed E-state index contributed by atoms with van der Waals surface area (Å²) in [6.45, 7) is 3.61. The second kappa shape index (κ2) is 3.87. The van der Waals surface area contributed by atoms with E-state index in [1.54, 1.807) is 13.8 Å². The van der Waals surface area contributed by atoms with Crippen LogP contribution in [0.25, 0.3) is 0 Å². The molecule has 0 rings (SSSR count). The Morgan fingerprint density at radius 1 is 1.50 bits per heavy atom. The van der Waals surface area contributed by atoms with Crippen LogP contribution in [0.5, 0.6) is 0 Å². The van der Waals surface area contributed by atoms with Crippen LogP contribution >= 0.6 is 0 Å². The normalized spacial score (nSPS) is 12.5. The smallest absolute Gasteiger partial charge is 0.264 e. The summed E-state index contributed by atoms with van der Waals surface area (Å²) < 4.78 is 25.7. The maximum Gasteiger partial charge on any atom is 0.264 e. The first kappa shape index (κ1) is 11.4. The molecule has 0 saturated heterocycles. The molecule has 0 aliphatic carbocycles. The Morgan fingerprint density at radius 3 is 2.33 bits per heavy atom. The van der Waals surface area contributed by atoms with Crippen LogP contribution in [0.2, 0.25) is 0 Å². The van der Waals surface area contributed by atoms with Crippen molar-refractivity contribution >= 4 is 10.1 Å². The van der Waals surface area contributed by atoms with Gasteiger partial charge < -0.3 is 0 Å². The maximum absolute atomic E-state index is 10.6. The third-order valence-corrected chi connectivity index (χ3v) is 1.77. The molecule has 0 bridgehead atoms. The summed E-state index contributed by atoms with van der Waals surface area (Å²) >= 11 is 0. The minimum absolute atomic E-state index is 0.0550. The van der Waals surface area contributed by atoms with Crippen molar-refractivity contribution < 1.29 is 12.6 Å². The van der Waals surface area contributed by atoms with Gasteiger partial charge in [-0.05, 0) is 0 Å². The zero-order valence-corrected chi connectivity index (χ0v) is 8.31. The van der Waals surface area contributed by atoms with E-state index in [0.717, 1.165) is 6.26 Å². The van der Waals surface area contributed by atoms with Crippen molar-refractivity contribution in [1.29, 1.82) is 5.26 Å². The molecule has 0 N–H and O–H groups in total. The maximum atomic E-state index is 10.6.